The van der Waals surface area contributed by atoms with Crippen molar-refractivity contribution >= 4 is 17.3 Å². The van der Waals surface area contributed by atoms with Gasteiger partial charge in [0.15, 0.2) is 0 Å². The zero-order valence-electron chi connectivity index (χ0n) is 10.1. The van der Waals surface area contributed by atoms with Gasteiger partial charge in [0.25, 0.3) is 0 Å². The lowest BCUT2D eigenvalue weighted by atomic mass is 10.3. The molecule has 19 heavy (non-hydrogen) atoms. The highest BCUT2D eigenvalue weighted by Gasteiger charge is 2.33. The van der Waals surface area contributed by atoms with Crippen LogP contribution in [0.2, 0.25) is 0 Å². The van der Waals surface area contributed by atoms with Crippen LogP contribution in [0.1, 0.15) is 15.2 Å². The van der Waals surface area contributed by atoms with Gasteiger partial charge in [-0.15, -0.1) is 11.3 Å². The lowest BCUT2D eigenvalue weighted by Crippen LogP contribution is -2.42. The number of halogens is 3. The van der Waals surface area contributed by atoms with E-state index in [1.807, 2.05) is 11.9 Å². The number of hydrogen-bond acceptors (Lipinski definition) is 5. The van der Waals surface area contributed by atoms with Crippen molar-refractivity contribution in [3.63, 3.8) is 0 Å². The van der Waals surface area contributed by atoms with Crippen LogP contribution in [0.5, 0.6) is 0 Å². The maximum absolute atomic E-state index is 12.4. The van der Waals surface area contributed by atoms with Gasteiger partial charge < -0.3 is 9.47 Å². The second-order valence-corrected chi connectivity index (χ2v) is 5.08. The van der Waals surface area contributed by atoms with E-state index in [1.54, 1.807) is 0 Å². The average Bonchev–Trinajstić information content (AvgIpc) is 2.77. The van der Waals surface area contributed by atoms with Crippen LogP contribution < -0.4 is 0 Å². The fourth-order valence-corrected chi connectivity index (χ4v) is 2.34. The van der Waals surface area contributed by atoms with E-state index in [0.29, 0.717) is 24.5 Å². The first-order valence-corrected chi connectivity index (χ1v) is 6.41. The Kier molecular flexibility index (Phi) is 4.12. The zero-order chi connectivity index (χ0) is 14.0. The van der Waals surface area contributed by atoms with Crippen LogP contribution in [0.3, 0.4) is 0 Å². The molecule has 1 aromatic rings. The number of esters is 1. The smallest absolute Gasteiger partial charge is 0.425 e. The Hall–Kier alpha value is -1.12. The predicted octanol–water partition coefficient (Wildman–Crippen LogP) is 2.21. The van der Waals surface area contributed by atoms with Gasteiger partial charge >= 0.3 is 12.1 Å². The lowest BCUT2D eigenvalue weighted by molar-refractivity contribution is -0.146. The molecule has 1 fully saturated rings. The van der Waals surface area contributed by atoms with Gasteiger partial charge in [-0.3, -0.25) is 4.90 Å². The molecule has 0 N–H and O–H groups in total. The number of carbonyl (C=O) groups excluding carboxylic acids is 1. The SMILES string of the molecule is CN1CCOC(OC(=O)c2csc(C(F)(F)F)c2)C1. The highest BCUT2D eigenvalue weighted by atomic mass is 32.1. The summed E-state index contributed by atoms with van der Waals surface area (Å²) < 4.78 is 47.4. The molecule has 0 aromatic carbocycles. The first-order valence-electron chi connectivity index (χ1n) is 5.53. The fourth-order valence-electron chi connectivity index (χ4n) is 1.59. The van der Waals surface area contributed by atoms with Crippen molar-refractivity contribution in [2.24, 2.45) is 0 Å². The van der Waals surface area contributed by atoms with E-state index in [-0.39, 0.29) is 5.56 Å². The number of morpholine rings is 1. The van der Waals surface area contributed by atoms with E-state index >= 15 is 0 Å². The molecule has 106 valence electrons. The molecule has 0 amide bonds. The second kappa shape index (κ2) is 5.48. The van der Waals surface area contributed by atoms with Crippen molar-refractivity contribution in [1.82, 2.24) is 4.90 Å². The number of carbonyl (C=O) groups is 1. The predicted molar refractivity (Wildman–Crippen MR) is 62.0 cm³/mol. The average molecular weight is 295 g/mol. The number of thiophene rings is 1. The Balaban J connectivity index is 1.98. The molecule has 8 heteroatoms. The van der Waals surface area contributed by atoms with Gasteiger partial charge in [0.2, 0.25) is 6.29 Å². The van der Waals surface area contributed by atoms with Gasteiger partial charge in [-0.2, -0.15) is 13.2 Å². The van der Waals surface area contributed by atoms with Crippen molar-refractivity contribution in [3.8, 4) is 0 Å². The molecule has 1 saturated heterocycles. The Labute approximate surface area is 111 Å². The molecule has 1 aliphatic rings. The molecule has 0 spiro atoms. The monoisotopic (exact) mass is 295 g/mol. The van der Waals surface area contributed by atoms with Crippen molar-refractivity contribution in [2.75, 3.05) is 26.7 Å². The number of rotatable bonds is 2. The Bertz CT molecular complexity index is 460. The lowest BCUT2D eigenvalue weighted by Gasteiger charge is -2.29. The van der Waals surface area contributed by atoms with E-state index in [9.17, 15) is 18.0 Å². The van der Waals surface area contributed by atoms with Gasteiger partial charge in [-0.1, -0.05) is 0 Å². The van der Waals surface area contributed by atoms with E-state index < -0.39 is 23.3 Å². The van der Waals surface area contributed by atoms with Crippen LogP contribution in [0.4, 0.5) is 13.2 Å². The molecule has 4 nitrogen and oxygen atoms in total. The van der Waals surface area contributed by atoms with Gasteiger partial charge in [0.1, 0.15) is 4.88 Å². The maximum Gasteiger partial charge on any atom is 0.425 e. The third-order valence-electron chi connectivity index (χ3n) is 2.59. The van der Waals surface area contributed by atoms with Crippen molar-refractivity contribution in [3.05, 3.63) is 21.9 Å². The molecular formula is C11H12F3NO3S. The summed E-state index contributed by atoms with van der Waals surface area (Å²) in [6, 6.07) is 0.791. The Morgan fingerprint density at radius 1 is 1.58 bits per heavy atom. The molecule has 1 aliphatic heterocycles. The van der Waals surface area contributed by atoms with Gasteiger partial charge in [-0.25, -0.2) is 4.79 Å². The highest BCUT2D eigenvalue weighted by molar-refractivity contribution is 7.10. The molecule has 1 atom stereocenters. The molecule has 2 heterocycles. The van der Waals surface area contributed by atoms with E-state index in [4.69, 9.17) is 9.47 Å². The molecule has 1 unspecified atom stereocenters. The van der Waals surface area contributed by atoms with E-state index in [2.05, 4.69) is 0 Å². The molecule has 2 rings (SSSR count). The Morgan fingerprint density at radius 2 is 2.32 bits per heavy atom. The molecule has 1 aromatic heterocycles. The van der Waals surface area contributed by atoms with Gasteiger partial charge in [-0.05, 0) is 13.1 Å². The molecule has 0 bridgehead atoms. The summed E-state index contributed by atoms with van der Waals surface area (Å²) in [6.45, 7) is 1.55. The number of alkyl halides is 3. The second-order valence-electron chi connectivity index (χ2n) is 4.17. The zero-order valence-corrected chi connectivity index (χ0v) is 10.9. The number of nitrogens with zero attached hydrogens (tertiary/aromatic N) is 1. The normalized spacial score (nSPS) is 21.4. The van der Waals surface area contributed by atoms with Crippen LogP contribution in [-0.2, 0) is 15.7 Å². The topological polar surface area (TPSA) is 38.8 Å². The third-order valence-corrected chi connectivity index (χ3v) is 3.57. The summed E-state index contributed by atoms with van der Waals surface area (Å²) in [5, 5.41) is 1.14. The van der Waals surface area contributed by atoms with E-state index in [1.165, 1.54) is 0 Å². The van der Waals surface area contributed by atoms with Crippen LogP contribution in [0.25, 0.3) is 0 Å². The third kappa shape index (κ3) is 3.68. The molecule has 0 saturated carbocycles. The number of hydrogen-bond donors (Lipinski definition) is 0. The summed E-state index contributed by atoms with van der Waals surface area (Å²) >= 11 is 0.470. The van der Waals surface area contributed by atoms with Gasteiger partial charge in [0.05, 0.1) is 18.7 Å². The quantitative estimate of drug-likeness (QED) is 0.784. The summed E-state index contributed by atoms with van der Waals surface area (Å²) in [5.41, 5.74) is -0.103. The van der Waals surface area contributed by atoms with Crippen molar-refractivity contribution < 1.29 is 27.4 Å². The molecule has 0 aliphatic carbocycles. The minimum atomic E-state index is -4.44. The van der Waals surface area contributed by atoms with Crippen LogP contribution in [0.15, 0.2) is 11.4 Å². The number of ether oxygens (including phenoxy) is 2. The molecular weight excluding hydrogens is 283 g/mol. The highest BCUT2D eigenvalue weighted by Crippen LogP contribution is 2.34. The minimum absolute atomic E-state index is 0.103. The van der Waals surface area contributed by atoms with Crippen LogP contribution in [0, 0.1) is 0 Å². The van der Waals surface area contributed by atoms with Crippen LogP contribution >= 0.6 is 11.3 Å². The van der Waals surface area contributed by atoms with Gasteiger partial charge in [0, 0.05) is 11.9 Å². The Morgan fingerprint density at radius 3 is 2.89 bits per heavy atom. The maximum atomic E-state index is 12.4. The van der Waals surface area contributed by atoms with E-state index in [0.717, 1.165) is 18.0 Å². The summed E-state index contributed by atoms with van der Waals surface area (Å²) in [5.74, 6) is -0.799. The number of likely N-dealkylation sites (N-methyl/N-ethyl adjacent to an activating group) is 1. The van der Waals surface area contributed by atoms with Crippen molar-refractivity contribution in [1.29, 1.82) is 0 Å². The first kappa shape index (κ1) is 14.3. The standard InChI is InChI=1S/C11H12F3NO3S/c1-15-2-3-17-9(5-15)18-10(16)7-4-8(19-6-7)11(12,13)14/h4,6,9H,2-3,5H2,1H3. The summed E-state index contributed by atoms with van der Waals surface area (Å²) in [4.78, 5) is 12.8. The largest absolute Gasteiger partial charge is 0.431 e. The first-order chi connectivity index (χ1) is 8.86. The fraction of sp³-hybridized carbons (Fsp3) is 0.545. The summed E-state index contributed by atoms with van der Waals surface area (Å²) in [7, 11) is 1.84. The van der Waals surface area contributed by atoms with Crippen LogP contribution in [-0.4, -0.2) is 43.9 Å². The molecule has 0 radical (unpaired) electrons. The van der Waals surface area contributed by atoms with Crippen molar-refractivity contribution in [2.45, 2.75) is 12.5 Å². The summed E-state index contributed by atoms with van der Waals surface area (Å²) in [6.07, 6.45) is -5.18. The minimum Gasteiger partial charge on any atom is -0.431 e.